The molecule has 0 aliphatic heterocycles. The first-order valence-electron chi connectivity index (χ1n) is 11.5. The van der Waals surface area contributed by atoms with E-state index in [0.29, 0.717) is 25.4 Å². The Bertz CT molecular complexity index is 1100. The van der Waals surface area contributed by atoms with Crippen molar-refractivity contribution in [3.8, 4) is 16.3 Å². The summed E-state index contributed by atoms with van der Waals surface area (Å²) in [4.78, 5) is 19.1. The molecular formula is C28H35NO3S. The van der Waals surface area contributed by atoms with Gasteiger partial charge in [0.15, 0.2) is 5.78 Å². The Balaban J connectivity index is 1.72. The highest BCUT2D eigenvalue weighted by Crippen LogP contribution is 2.33. The highest BCUT2D eigenvalue weighted by Gasteiger charge is 2.21. The van der Waals surface area contributed by atoms with Crippen LogP contribution < -0.4 is 4.74 Å². The summed E-state index contributed by atoms with van der Waals surface area (Å²) in [5, 5.41) is 1.03. The van der Waals surface area contributed by atoms with E-state index in [9.17, 15) is 4.79 Å². The van der Waals surface area contributed by atoms with Gasteiger partial charge in [0.05, 0.1) is 12.3 Å². The fourth-order valence-electron chi connectivity index (χ4n) is 3.80. The number of aromatic nitrogens is 1. The Kier molecular flexibility index (Phi) is 8.09. The average Bonchev–Trinajstić information content (AvgIpc) is 3.18. The highest BCUT2D eigenvalue weighted by atomic mass is 32.1. The summed E-state index contributed by atoms with van der Waals surface area (Å²) in [6.07, 6.45) is 1.16. The molecule has 0 N–H and O–H groups in total. The maximum atomic E-state index is 13.0. The number of carbonyl (C=O) groups excluding carboxylic acids is 1. The third-order valence-corrected chi connectivity index (χ3v) is 6.71. The predicted octanol–water partition coefficient (Wildman–Crippen LogP) is 7.17. The van der Waals surface area contributed by atoms with Crippen molar-refractivity contribution in [2.24, 2.45) is 0 Å². The van der Waals surface area contributed by atoms with Crippen LogP contribution in [0.15, 0.2) is 42.5 Å². The van der Waals surface area contributed by atoms with Gasteiger partial charge in [-0.2, -0.15) is 0 Å². The number of carbonyl (C=O) groups is 1. The van der Waals surface area contributed by atoms with Crippen LogP contribution >= 0.6 is 11.3 Å². The van der Waals surface area contributed by atoms with Gasteiger partial charge in [-0.1, -0.05) is 43.7 Å². The molecule has 0 amide bonds. The number of benzene rings is 2. The predicted molar refractivity (Wildman–Crippen MR) is 137 cm³/mol. The van der Waals surface area contributed by atoms with Gasteiger partial charge in [0.25, 0.3) is 0 Å². The molecule has 3 rings (SSSR count). The van der Waals surface area contributed by atoms with E-state index in [1.165, 1.54) is 10.4 Å². The Morgan fingerprint density at radius 1 is 1.09 bits per heavy atom. The van der Waals surface area contributed by atoms with E-state index in [1.54, 1.807) is 18.4 Å². The van der Waals surface area contributed by atoms with Crippen LogP contribution in [0, 0.1) is 13.8 Å². The second-order valence-corrected chi connectivity index (χ2v) is 10.6. The van der Waals surface area contributed by atoms with Crippen LogP contribution in [0.2, 0.25) is 0 Å². The number of methoxy groups -OCH3 is 1. The molecular weight excluding hydrogens is 430 g/mol. The monoisotopic (exact) mass is 465 g/mol. The number of ether oxygens (including phenoxy) is 2. The van der Waals surface area contributed by atoms with Crippen molar-refractivity contribution in [3.63, 3.8) is 0 Å². The first-order chi connectivity index (χ1) is 15.6. The SMILES string of the molecule is COCC(C)(C)Oc1ccc(C(=O)CCc2sc(-c3ccc(C)cc3)nc2C(C)C)cc1C. The maximum absolute atomic E-state index is 13.0. The van der Waals surface area contributed by atoms with Gasteiger partial charge in [-0.15, -0.1) is 11.3 Å². The molecule has 0 fully saturated rings. The van der Waals surface area contributed by atoms with Crippen LogP contribution in [0.25, 0.3) is 10.6 Å². The Labute approximate surface area is 202 Å². The van der Waals surface area contributed by atoms with Gasteiger partial charge in [0.1, 0.15) is 16.4 Å². The minimum atomic E-state index is -0.431. The normalized spacial score (nSPS) is 11.8. The zero-order valence-corrected chi connectivity index (χ0v) is 21.6. The van der Waals surface area contributed by atoms with E-state index in [0.717, 1.165) is 33.1 Å². The molecule has 0 atom stereocenters. The number of hydrogen-bond donors (Lipinski definition) is 0. The summed E-state index contributed by atoms with van der Waals surface area (Å²) in [6, 6.07) is 14.1. The molecule has 0 saturated carbocycles. The van der Waals surface area contributed by atoms with Crippen molar-refractivity contribution in [1.29, 1.82) is 0 Å². The van der Waals surface area contributed by atoms with E-state index >= 15 is 0 Å². The number of thiazole rings is 1. The van der Waals surface area contributed by atoms with Crippen molar-refractivity contribution >= 4 is 17.1 Å². The van der Waals surface area contributed by atoms with Crippen LogP contribution in [0.3, 0.4) is 0 Å². The van der Waals surface area contributed by atoms with Crippen LogP contribution in [-0.2, 0) is 11.2 Å². The van der Waals surface area contributed by atoms with Gasteiger partial charge in [-0.05, 0) is 63.8 Å². The second kappa shape index (κ2) is 10.6. The molecule has 1 heterocycles. The van der Waals surface area contributed by atoms with Gasteiger partial charge in [0.2, 0.25) is 0 Å². The Morgan fingerprint density at radius 3 is 2.39 bits per heavy atom. The molecule has 0 spiro atoms. The van der Waals surface area contributed by atoms with Crippen LogP contribution in [0.5, 0.6) is 5.75 Å². The summed E-state index contributed by atoms with van der Waals surface area (Å²) >= 11 is 1.71. The van der Waals surface area contributed by atoms with Crippen LogP contribution in [0.1, 0.15) is 72.1 Å². The molecule has 176 valence electrons. The average molecular weight is 466 g/mol. The van der Waals surface area contributed by atoms with E-state index < -0.39 is 5.60 Å². The summed E-state index contributed by atoms with van der Waals surface area (Å²) in [5.74, 6) is 1.24. The van der Waals surface area contributed by atoms with Crippen molar-refractivity contribution in [1.82, 2.24) is 4.98 Å². The van der Waals surface area contributed by atoms with E-state index in [-0.39, 0.29) is 5.78 Å². The number of ketones is 1. The van der Waals surface area contributed by atoms with Crippen molar-refractivity contribution < 1.29 is 14.3 Å². The minimum Gasteiger partial charge on any atom is -0.485 e. The lowest BCUT2D eigenvalue weighted by Crippen LogP contribution is -2.33. The fourth-order valence-corrected chi connectivity index (χ4v) is 5.02. The topological polar surface area (TPSA) is 48.4 Å². The lowest BCUT2D eigenvalue weighted by atomic mass is 10.0. The molecule has 0 saturated heterocycles. The van der Waals surface area contributed by atoms with E-state index in [4.69, 9.17) is 14.5 Å². The minimum absolute atomic E-state index is 0.140. The maximum Gasteiger partial charge on any atom is 0.163 e. The van der Waals surface area contributed by atoms with Crippen molar-refractivity contribution in [2.45, 2.75) is 65.9 Å². The van der Waals surface area contributed by atoms with Crippen molar-refractivity contribution in [2.75, 3.05) is 13.7 Å². The zero-order chi connectivity index (χ0) is 24.2. The van der Waals surface area contributed by atoms with Crippen LogP contribution in [0.4, 0.5) is 0 Å². The third-order valence-electron chi connectivity index (χ3n) is 5.53. The number of nitrogens with zero attached hydrogens (tertiary/aromatic N) is 1. The molecule has 3 aromatic rings. The smallest absolute Gasteiger partial charge is 0.163 e. The first-order valence-corrected chi connectivity index (χ1v) is 12.3. The number of Topliss-reactive ketones (excluding diaryl/α,β-unsaturated/α-hetero) is 1. The van der Waals surface area contributed by atoms with Gasteiger partial charge in [-0.3, -0.25) is 4.79 Å². The molecule has 0 unspecified atom stereocenters. The molecule has 5 heteroatoms. The lowest BCUT2D eigenvalue weighted by Gasteiger charge is -2.26. The van der Waals surface area contributed by atoms with Gasteiger partial charge in [-0.25, -0.2) is 4.98 Å². The standard InChI is InChI=1S/C28H35NO3S/c1-18(2)26-25(33-27(29-26)21-10-8-19(3)9-11-21)15-13-23(30)22-12-14-24(20(4)16-22)32-28(5,6)17-31-7/h8-12,14,16,18H,13,15,17H2,1-7H3. The molecule has 0 aliphatic carbocycles. The molecule has 33 heavy (non-hydrogen) atoms. The van der Waals surface area contributed by atoms with Crippen LogP contribution in [-0.4, -0.2) is 30.1 Å². The third kappa shape index (κ3) is 6.52. The molecule has 1 aromatic heterocycles. The Hall–Kier alpha value is -2.50. The van der Waals surface area contributed by atoms with Gasteiger partial charge < -0.3 is 9.47 Å². The quantitative estimate of drug-likeness (QED) is 0.298. The van der Waals surface area contributed by atoms with Gasteiger partial charge in [0, 0.05) is 29.5 Å². The summed E-state index contributed by atoms with van der Waals surface area (Å²) in [6.45, 7) is 12.8. The molecule has 0 bridgehead atoms. The molecule has 0 aliphatic rings. The highest BCUT2D eigenvalue weighted by molar-refractivity contribution is 7.15. The number of aryl methyl sites for hydroxylation is 3. The second-order valence-electron chi connectivity index (χ2n) is 9.55. The summed E-state index contributed by atoms with van der Waals surface area (Å²) in [7, 11) is 1.66. The van der Waals surface area contributed by atoms with Gasteiger partial charge >= 0.3 is 0 Å². The molecule has 0 radical (unpaired) electrons. The summed E-state index contributed by atoms with van der Waals surface area (Å²) < 4.78 is 11.3. The summed E-state index contributed by atoms with van der Waals surface area (Å²) in [5.41, 5.74) is 4.71. The molecule has 4 nitrogen and oxygen atoms in total. The van der Waals surface area contributed by atoms with E-state index in [1.807, 2.05) is 39.0 Å². The lowest BCUT2D eigenvalue weighted by molar-refractivity contribution is 0.0176. The zero-order valence-electron chi connectivity index (χ0n) is 20.8. The fraction of sp³-hybridized carbons (Fsp3) is 0.429. The Morgan fingerprint density at radius 2 is 1.79 bits per heavy atom. The molecule has 2 aromatic carbocycles. The number of rotatable bonds is 10. The largest absolute Gasteiger partial charge is 0.485 e. The first kappa shape index (κ1) is 25.1. The van der Waals surface area contributed by atoms with Crippen molar-refractivity contribution in [3.05, 3.63) is 69.7 Å². The number of hydrogen-bond acceptors (Lipinski definition) is 5. The van der Waals surface area contributed by atoms with E-state index in [2.05, 4.69) is 45.0 Å².